The molecule has 2 amide bonds. The van der Waals surface area contributed by atoms with Crippen LogP contribution in [-0.2, 0) is 27.3 Å². The molecule has 330 valence electrons. The predicted octanol–water partition coefficient (Wildman–Crippen LogP) is 6.53. The van der Waals surface area contributed by atoms with Crippen LogP contribution < -0.4 is 26.6 Å². The summed E-state index contributed by atoms with van der Waals surface area (Å²) in [6.45, 7) is 2.71. The van der Waals surface area contributed by atoms with Gasteiger partial charge < -0.3 is 45.0 Å². The van der Waals surface area contributed by atoms with Crippen molar-refractivity contribution in [2.75, 3.05) is 44.4 Å². The van der Waals surface area contributed by atoms with Gasteiger partial charge in [-0.2, -0.15) is 13.2 Å². The van der Waals surface area contributed by atoms with Crippen molar-refractivity contribution in [3.63, 3.8) is 0 Å². The van der Waals surface area contributed by atoms with Crippen LogP contribution in [0, 0.1) is 0 Å². The number of phenols is 1. The van der Waals surface area contributed by atoms with E-state index in [0.29, 0.717) is 40.8 Å². The van der Waals surface area contributed by atoms with E-state index in [1.54, 1.807) is 12.1 Å². The number of aliphatic carboxylic acids is 1. The van der Waals surface area contributed by atoms with E-state index in [1.807, 2.05) is 78.9 Å². The number of carbonyl (C=O) groups is 3. The highest BCUT2D eigenvalue weighted by Gasteiger charge is 2.29. The van der Waals surface area contributed by atoms with Crippen LogP contribution in [0.1, 0.15) is 42.1 Å². The minimum absolute atomic E-state index is 0.0491. The maximum Gasteiger partial charge on any atom is 0.430 e. The van der Waals surface area contributed by atoms with E-state index in [9.17, 15) is 37.8 Å². The number of rotatable bonds is 12. The number of alkyl halides is 3. The first-order valence-corrected chi connectivity index (χ1v) is 20.3. The fraction of sp³-hybridized carbons (Fsp3) is 0.277. The molecule has 16 heteroatoms. The maximum absolute atomic E-state index is 13.1. The molecule has 0 radical (unpaired) electrons. The topological polar surface area (TPSA) is 193 Å². The lowest BCUT2D eigenvalue weighted by Crippen LogP contribution is -2.48. The average molecular weight is 868 g/mol. The number of piperidine rings is 1. The van der Waals surface area contributed by atoms with Gasteiger partial charge in [0.2, 0.25) is 11.5 Å². The molecule has 0 bridgehead atoms. The number of fused-ring (bicyclic) bond motifs is 2. The third-order valence-electron chi connectivity index (χ3n) is 10.8. The molecule has 1 atom stereocenters. The van der Waals surface area contributed by atoms with Crippen molar-refractivity contribution >= 4 is 51.0 Å². The third-order valence-corrected chi connectivity index (χ3v) is 10.8. The number of pyridine rings is 1. The summed E-state index contributed by atoms with van der Waals surface area (Å²) in [4.78, 5) is 49.3. The van der Waals surface area contributed by atoms with Gasteiger partial charge in [0.25, 0.3) is 0 Å². The molecule has 6 N–H and O–H groups in total. The van der Waals surface area contributed by atoms with Gasteiger partial charge in [0.05, 0.1) is 44.5 Å². The Bertz CT molecular complexity index is 2640. The molecule has 0 aliphatic carbocycles. The van der Waals surface area contributed by atoms with E-state index in [4.69, 9.17) is 14.6 Å². The number of aliphatic hydroxyl groups is 1. The zero-order valence-corrected chi connectivity index (χ0v) is 34.6. The first kappa shape index (κ1) is 45.8. The number of carboxylic acids is 1. The first-order chi connectivity index (χ1) is 29.9. The van der Waals surface area contributed by atoms with Gasteiger partial charge in [0.1, 0.15) is 17.8 Å². The van der Waals surface area contributed by atoms with Gasteiger partial charge in [-0.05, 0) is 75.8 Å². The summed E-state index contributed by atoms with van der Waals surface area (Å²) in [6.07, 6.45) is -4.21. The molecule has 13 nitrogen and oxygen atoms in total. The fourth-order valence-electron chi connectivity index (χ4n) is 7.35. The number of carbonyl (C=O) groups excluding carboxylic acids is 3. The van der Waals surface area contributed by atoms with Crippen LogP contribution in [0.5, 0.6) is 5.75 Å². The third kappa shape index (κ3) is 12.7. The minimum atomic E-state index is -5.19. The number of nitrogens with zero attached hydrogens (tertiary/aromatic N) is 1. The summed E-state index contributed by atoms with van der Waals surface area (Å²) in [5.74, 6) is -3.17. The predicted molar refractivity (Wildman–Crippen MR) is 232 cm³/mol. The second-order valence-corrected chi connectivity index (χ2v) is 16.0. The lowest BCUT2D eigenvalue weighted by atomic mass is 9.99. The summed E-state index contributed by atoms with van der Waals surface area (Å²) in [5, 5.41) is 41.7. The SMILES string of the molecule is C[N+]1(C)CCC(OC(=O)Nc2cc(CCC(=O)Nc3ccc4cc(CNC[C@H](O)c5ccc(O)c6[nH]c(=O)ccc56)ccc4c3)ccc2-c2ccccc2)CC1.O=C([O-])C(F)(F)F. The van der Waals surface area contributed by atoms with Crippen LogP contribution in [0.2, 0.25) is 0 Å². The molecule has 0 unspecified atom stereocenters. The Morgan fingerprint density at radius 1 is 0.873 bits per heavy atom. The summed E-state index contributed by atoms with van der Waals surface area (Å²) in [6, 6.07) is 33.8. The Morgan fingerprint density at radius 3 is 2.27 bits per heavy atom. The number of ether oxygens (including phenoxy) is 1. The molecule has 63 heavy (non-hydrogen) atoms. The molecule has 2 heterocycles. The highest BCUT2D eigenvalue weighted by molar-refractivity contribution is 5.95. The molecule has 1 fully saturated rings. The standard InChI is InChI=1S/C45H47N5O6.C2HF3O2/c1-50(2)22-20-35(21-23-50)56-45(55)48-39-25-29(9-14-36(39)31-6-4-3-5-7-31)10-18-42(53)47-34-13-12-32-24-30(8-11-33(32)26-34)27-46-28-41(52)37-15-17-40(51)44-38(37)16-19-43(54)49-44;3-2(4,5)1(6)7/h3-9,11-17,19,24-26,35,41,46,52H,10,18,20-23,27-28H2,1-2H3,(H3-,47,48,49,51,53,54,55);(H,6,7)/t41-;/m0./s1. The molecule has 1 aliphatic heterocycles. The molecule has 1 saturated heterocycles. The number of nitrogens with one attached hydrogen (secondary N) is 4. The number of aliphatic hydroxyl groups excluding tert-OH is 1. The summed E-state index contributed by atoms with van der Waals surface area (Å²) >= 11 is 0. The number of quaternary nitrogens is 1. The van der Waals surface area contributed by atoms with Crippen molar-refractivity contribution in [2.45, 2.75) is 50.6 Å². The van der Waals surface area contributed by atoms with Crippen LogP contribution >= 0.6 is 0 Å². The van der Waals surface area contributed by atoms with Gasteiger partial charge in [-0.25, -0.2) is 4.79 Å². The number of aromatic amines is 1. The Kier molecular flexibility index (Phi) is 14.5. The van der Waals surface area contributed by atoms with Crippen LogP contribution in [0.4, 0.5) is 29.3 Å². The molecule has 1 aromatic heterocycles. The number of phenolic OH excluding ortho intramolecular Hbond substituents is 1. The Balaban J connectivity index is 0.000000871. The number of hydrogen-bond donors (Lipinski definition) is 6. The second-order valence-electron chi connectivity index (χ2n) is 16.0. The molecule has 0 saturated carbocycles. The number of halogens is 3. The van der Waals surface area contributed by atoms with Crippen LogP contribution in [0.15, 0.2) is 114 Å². The smallest absolute Gasteiger partial charge is 0.430 e. The number of amides is 2. The number of carboxylic acid groups (broad SMARTS) is 1. The van der Waals surface area contributed by atoms with Gasteiger partial charge >= 0.3 is 12.3 Å². The Labute approximate surface area is 360 Å². The van der Waals surface area contributed by atoms with Gasteiger partial charge in [-0.15, -0.1) is 0 Å². The first-order valence-electron chi connectivity index (χ1n) is 20.3. The Hall–Kier alpha value is -6.75. The minimum Gasteiger partial charge on any atom is -0.542 e. The van der Waals surface area contributed by atoms with E-state index >= 15 is 0 Å². The largest absolute Gasteiger partial charge is 0.542 e. The lowest BCUT2D eigenvalue weighted by Gasteiger charge is -2.36. The monoisotopic (exact) mass is 867 g/mol. The molecular formula is C47H48F3N5O8. The molecule has 7 rings (SSSR count). The van der Waals surface area contributed by atoms with Crippen molar-refractivity contribution in [3.05, 3.63) is 136 Å². The van der Waals surface area contributed by atoms with E-state index in [2.05, 4.69) is 41.1 Å². The van der Waals surface area contributed by atoms with Gasteiger partial charge in [0, 0.05) is 55.1 Å². The van der Waals surface area contributed by atoms with Crippen LogP contribution in [0.3, 0.4) is 0 Å². The molecule has 6 aromatic rings. The van der Waals surface area contributed by atoms with Crippen LogP contribution in [0.25, 0.3) is 32.8 Å². The highest BCUT2D eigenvalue weighted by atomic mass is 19.4. The maximum atomic E-state index is 13.1. The van der Waals surface area contributed by atoms with Crippen molar-refractivity contribution in [2.24, 2.45) is 0 Å². The molecule has 0 spiro atoms. The van der Waals surface area contributed by atoms with Crippen molar-refractivity contribution in [1.82, 2.24) is 10.3 Å². The second kappa shape index (κ2) is 20.0. The summed E-state index contributed by atoms with van der Waals surface area (Å²) in [5.41, 5.74) is 5.73. The van der Waals surface area contributed by atoms with E-state index in [-0.39, 0.29) is 36.3 Å². The molecule has 5 aromatic carbocycles. The van der Waals surface area contributed by atoms with Crippen molar-refractivity contribution in [1.29, 1.82) is 0 Å². The highest BCUT2D eigenvalue weighted by Crippen LogP contribution is 2.31. The lowest BCUT2D eigenvalue weighted by molar-refractivity contribution is -0.896. The van der Waals surface area contributed by atoms with E-state index < -0.39 is 24.3 Å². The number of H-pyrrole nitrogens is 1. The number of aryl methyl sites for hydroxylation is 1. The molecule has 1 aliphatic rings. The number of aromatic nitrogens is 1. The number of anilines is 2. The number of hydrogen-bond acceptors (Lipinski definition) is 9. The van der Waals surface area contributed by atoms with Crippen molar-refractivity contribution < 1.29 is 52.1 Å². The average Bonchev–Trinajstić information content (AvgIpc) is 3.24. The number of aromatic hydroxyl groups is 1. The van der Waals surface area contributed by atoms with Crippen LogP contribution in [-0.4, -0.2) is 83.7 Å². The number of benzene rings is 5. The fourth-order valence-corrected chi connectivity index (χ4v) is 7.35. The normalized spacial score (nSPS) is 14.3. The van der Waals surface area contributed by atoms with E-state index in [0.717, 1.165) is 63.4 Å². The van der Waals surface area contributed by atoms with Gasteiger partial charge in [-0.1, -0.05) is 66.7 Å². The van der Waals surface area contributed by atoms with E-state index in [1.165, 1.54) is 12.1 Å². The molecular weight excluding hydrogens is 820 g/mol. The number of likely N-dealkylation sites (tertiary alicyclic amines) is 1. The zero-order chi connectivity index (χ0) is 45.3. The summed E-state index contributed by atoms with van der Waals surface area (Å²) < 4.78 is 38.3. The van der Waals surface area contributed by atoms with Gasteiger partial charge in [0.15, 0.2) is 0 Å². The Morgan fingerprint density at radius 2 is 1.56 bits per heavy atom. The summed E-state index contributed by atoms with van der Waals surface area (Å²) in [7, 11) is 4.39. The van der Waals surface area contributed by atoms with Crippen molar-refractivity contribution in [3.8, 4) is 16.9 Å². The quantitative estimate of drug-likeness (QED) is 0.0742. The van der Waals surface area contributed by atoms with Gasteiger partial charge in [-0.3, -0.25) is 14.9 Å². The zero-order valence-electron chi connectivity index (χ0n) is 34.6.